The zero-order valence-corrected chi connectivity index (χ0v) is 14.4. The number of likely N-dealkylation sites (tertiary alicyclic amines) is 1. The highest BCUT2D eigenvalue weighted by atomic mass is 32.2. The number of nitrogens with zero attached hydrogens (tertiary/aromatic N) is 2. The Kier molecular flexibility index (Phi) is 3.53. The van der Waals surface area contributed by atoms with Crippen molar-refractivity contribution in [3.8, 4) is 0 Å². The van der Waals surface area contributed by atoms with Crippen LogP contribution >= 0.6 is 0 Å². The molecule has 1 unspecified atom stereocenters. The van der Waals surface area contributed by atoms with Gasteiger partial charge in [0.15, 0.2) is 0 Å². The minimum Gasteiger partial charge on any atom is -0.341 e. The second kappa shape index (κ2) is 5.48. The summed E-state index contributed by atoms with van der Waals surface area (Å²) in [6.45, 7) is 3.13. The predicted octanol–water partition coefficient (Wildman–Crippen LogP) is 2.75. The SMILES string of the molecule is CC(C(=O)N1CCCCC1)N1c2cccc3cccc(c23)S1(=O)=O. The Balaban J connectivity index is 1.79. The number of rotatable bonds is 2. The maximum absolute atomic E-state index is 13.0. The number of amides is 1. The van der Waals surface area contributed by atoms with Crippen molar-refractivity contribution in [2.24, 2.45) is 0 Å². The Morgan fingerprint density at radius 2 is 1.71 bits per heavy atom. The largest absolute Gasteiger partial charge is 0.341 e. The maximum Gasteiger partial charge on any atom is 0.265 e. The first-order chi connectivity index (χ1) is 11.5. The fraction of sp³-hybridized carbons (Fsp3) is 0.389. The predicted molar refractivity (Wildman–Crippen MR) is 93.5 cm³/mol. The second-order valence-electron chi connectivity index (χ2n) is 6.49. The van der Waals surface area contributed by atoms with Crippen LogP contribution in [-0.4, -0.2) is 38.4 Å². The molecule has 1 amide bonds. The van der Waals surface area contributed by atoms with E-state index in [0.29, 0.717) is 23.7 Å². The molecule has 2 aliphatic rings. The molecule has 1 fully saturated rings. The van der Waals surface area contributed by atoms with Gasteiger partial charge in [0.05, 0.1) is 10.6 Å². The molecule has 2 heterocycles. The standard InChI is InChI=1S/C18H20N2O3S/c1-13(18(21)19-11-3-2-4-12-19)20-15-9-5-7-14-8-6-10-16(17(14)15)24(20,22)23/h5-10,13H,2-4,11-12H2,1H3. The Labute approximate surface area is 141 Å². The Morgan fingerprint density at radius 3 is 2.42 bits per heavy atom. The van der Waals surface area contributed by atoms with Gasteiger partial charge in [-0.05, 0) is 43.7 Å². The van der Waals surface area contributed by atoms with Crippen LogP contribution in [0.3, 0.4) is 0 Å². The van der Waals surface area contributed by atoms with Crippen LogP contribution < -0.4 is 4.31 Å². The molecule has 2 aromatic rings. The van der Waals surface area contributed by atoms with Gasteiger partial charge >= 0.3 is 0 Å². The number of hydrogen-bond acceptors (Lipinski definition) is 3. The van der Waals surface area contributed by atoms with Crippen LogP contribution in [0, 0.1) is 0 Å². The van der Waals surface area contributed by atoms with E-state index in [2.05, 4.69) is 0 Å². The topological polar surface area (TPSA) is 57.7 Å². The van der Waals surface area contributed by atoms with E-state index in [1.165, 1.54) is 4.31 Å². The molecule has 0 spiro atoms. The van der Waals surface area contributed by atoms with Gasteiger partial charge in [0.1, 0.15) is 6.04 Å². The molecule has 1 saturated heterocycles. The van der Waals surface area contributed by atoms with Crippen LogP contribution in [0.1, 0.15) is 26.2 Å². The van der Waals surface area contributed by atoms with Gasteiger partial charge in [-0.25, -0.2) is 8.42 Å². The quantitative estimate of drug-likeness (QED) is 0.842. The van der Waals surface area contributed by atoms with Crippen LogP contribution in [0.25, 0.3) is 10.8 Å². The summed E-state index contributed by atoms with van der Waals surface area (Å²) in [6.07, 6.45) is 3.10. The van der Waals surface area contributed by atoms with Crippen molar-refractivity contribution in [2.45, 2.75) is 37.1 Å². The summed E-state index contributed by atoms with van der Waals surface area (Å²) in [4.78, 5) is 15.0. The summed E-state index contributed by atoms with van der Waals surface area (Å²) >= 11 is 0. The van der Waals surface area contributed by atoms with Crippen LogP contribution in [0.5, 0.6) is 0 Å². The molecule has 0 N–H and O–H groups in total. The molecule has 0 bridgehead atoms. The van der Waals surface area contributed by atoms with Gasteiger partial charge in [0, 0.05) is 18.5 Å². The van der Waals surface area contributed by atoms with Crippen molar-refractivity contribution < 1.29 is 13.2 Å². The number of hydrogen-bond donors (Lipinski definition) is 0. The highest BCUT2D eigenvalue weighted by molar-refractivity contribution is 7.93. The number of carbonyl (C=O) groups excluding carboxylic acids is 1. The van der Waals surface area contributed by atoms with Gasteiger partial charge in [-0.3, -0.25) is 9.10 Å². The lowest BCUT2D eigenvalue weighted by molar-refractivity contribution is -0.132. The fourth-order valence-electron chi connectivity index (χ4n) is 3.82. The monoisotopic (exact) mass is 344 g/mol. The number of carbonyl (C=O) groups is 1. The van der Waals surface area contributed by atoms with Crippen molar-refractivity contribution in [2.75, 3.05) is 17.4 Å². The summed E-state index contributed by atoms with van der Waals surface area (Å²) < 4.78 is 27.4. The number of piperidine rings is 1. The average Bonchev–Trinajstić information content (AvgIpc) is 2.84. The van der Waals surface area contributed by atoms with Crippen LogP contribution in [0.2, 0.25) is 0 Å². The van der Waals surface area contributed by atoms with Crippen LogP contribution in [-0.2, 0) is 14.8 Å². The van der Waals surface area contributed by atoms with E-state index in [1.807, 2.05) is 18.2 Å². The van der Waals surface area contributed by atoms with Gasteiger partial charge < -0.3 is 4.90 Å². The molecule has 0 saturated carbocycles. The molecule has 0 aliphatic carbocycles. The average molecular weight is 344 g/mol. The van der Waals surface area contributed by atoms with E-state index in [1.54, 1.807) is 30.0 Å². The Hall–Kier alpha value is -2.08. The summed E-state index contributed by atoms with van der Waals surface area (Å²) in [6, 6.07) is 10.1. The molecule has 126 valence electrons. The lowest BCUT2D eigenvalue weighted by Crippen LogP contribution is -2.49. The first kappa shape index (κ1) is 15.4. The summed E-state index contributed by atoms with van der Waals surface area (Å²) in [5.41, 5.74) is 0.612. The molecular formula is C18H20N2O3S. The van der Waals surface area contributed by atoms with E-state index in [9.17, 15) is 13.2 Å². The smallest absolute Gasteiger partial charge is 0.265 e. The molecule has 24 heavy (non-hydrogen) atoms. The molecule has 4 rings (SSSR count). The van der Waals surface area contributed by atoms with Gasteiger partial charge in [0.2, 0.25) is 5.91 Å². The van der Waals surface area contributed by atoms with Crippen molar-refractivity contribution in [3.63, 3.8) is 0 Å². The minimum atomic E-state index is -3.70. The van der Waals surface area contributed by atoms with E-state index in [4.69, 9.17) is 0 Å². The molecule has 1 atom stereocenters. The Morgan fingerprint density at radius 1 is 1.04 bits per heavy atom. The Bertz CT molecular complexity index is 912. The third kappa shape index (κ3) is 2.13. The first-order valence-electron chi connectivity index (χ1n) is 8.37. The summed E-state index contributed by atoms with van der Waals surface area (Å²) in [5, 5.41) is 1.60. The normalized spacial score (nSPS) is 20.4. The third-order valence-electron chi connectivity index (χ3n) is 5.00. The molecule has 2 aliphatic heterocycles. The molecule has 2 aromatic carbocycles. The number of anilines is 1. The zero-order chi connectivity index (χ0) is 16.9. The van der Waals surface area contributed by atoms with E-state index >= 15 is 0 Å². The highest BCUT2D eigenvalue weighted by Gasteiger charge is 2.41. The summed E-state index contributed by atoms with van der Waals surface area (Å²) in [7, 11) is -3.70. The highest BCUT2D eigenvalue weighted by Crippen LogP contribution is 2.43. The molecular weight excluding hydrogens is 324 g/mol. The van der Waals surface area contributed by atoms with Gasteiger partial charge in [-0.1, -0.05) is 24.3 Å². The minimum absolute atomic E-state index is 0.108. The van der Waals surface area contributed by atoms with E-state index < -0.39 is 16.1 Å². The van der Waals surface area contributed by atoms with Crippen molar-refractivity contribution in [3.05, 3.63) is 36.4 Å². The van der Waals surface area contributed by atoms with E-state index in [0.717, 1.165) is 30.0 Å². The number of sulfonamides is 1. The van der Waals surface area contributed by atoms with Crippen molar-refractivity contribution in [1.82, 2.24) is 4.90 Å². The van der Waals surface area contributed by atoms with Gasteiger partial charge in [-0.2, -0.15) is 0 Å². The van der Waals surface area contributed by atoms with E-state index in [-0.39, 0.29) is 5.91 Å². The molecule has 6 heteroatoms. The van der Waals surface area contributed by atoms with Crippen LogP contribution in [0.4, 0.5) is 5.69 Å². The maximum atomic E-state index is 13.0. The van der Waals surface area contributed by atoms with Crippen molar-refractivity contribution in [1.29, 1.82) is 0 Å². The third-order valence-corrected chi connectivity index (χ3v) is 6.92. The molecule has 0 aromatic heterocycles. The zero-order valence-electron chi connectivity index (χ0n) is 13.6. The van der Waals surface area contributed by atoms with Gasteiger partial charge in [0.25, 0.3) is 10.0 Å². The van der Waals surface area contributed by atoms with Crippen LogP contribution in [0.15, 0.2) is 41.3 Å². The molecule has 5 nitrogen and oxygen atoms in total. The molecule has 0 radical (unpaired) electrons. The second-order valence-corrected chi connectivity index (χ2v) is 8.28. The lowest BCUT2D eigenvalue weighted by atomic mass is 10.1. The fourth-order valence-corrected chi connectivity index (χ4v) is 5.68. The van der Waals surface area contributed by atoms with Gasteiger partial charge in [-0.15, -0.1) is 0 Å². The number of benzene rings is 2. The van der Waals surface area contributed by atoms with Crippen molar-refractivity contribution >= 4 is 32.4 Å². The lowest BCUT2D eigenvalue weighted by Gasteiger charge is -2.33. The summed E-state index contributed by atoms with van der Waals surface area (Å²) in [5.74, 6) is -0.108. The first-order valence-corrected chi connectivity index (χ1v) is 9.81.